The molecule has 3 aliphatic heterocycles. The summed E-state index contributed by atoms with van der Waals surface area (Å²) < 4.78 is 85.2. The van der Waals surface area contributed by atoms with Crippen molar-refractivity contribution < 1.29 is 41.0 Å². The third-order valence-electron chi connectivity index (χ3n) is 7.27. The lowest BCUT2D eigenvalue weighted by molar-refractivity contribution is -0.143. The zero-order valence-electron chi connectivity index (χ0n) is 19.2. The van der Waals surface area contributed by atoms with Crippen LogP contribution in [0.25, 0.3) is 0 Å². The number of alkyl halides is 6. The zero-order chi connectivity index (χ0) is 25.9. The molecule has 196 valence electrons. The third-order valence-corrected chi connectivity index (χ3v) is 7.94. The molecule has 35 heavy (non-hydrogen) atoms. The van der Waals surface area contributed by atoms with E-state index in [0.29, 0.717) is 44.6 Å². The Bertz CT molecular complexity index is 941. The van der Waals surface area contributed by atoms with Crippen molar-refractivity contribution in [2.45, 2.75) is 68.6 Å². The first-order valence-corrected chi connectivity index (χ1v) is 11.9. The summed E-state index contributed by atoms with van der Waals surface area (Å²) in [6.45, 7) is 5.15. The van der Waals surface area contributed by atoms with Gasteiger partial charge >= 0.3 is 12.4 Å². The number of rotatable bonds is 5. The van der Waals surface area contributed by atoms with Crippen LogP contribution in [0.3, 0.4) is 0 Å². The summed E-state index contributed by atoms with van der Waals surface area (Å²) >= 11 is 4.63. The van der Waals surface area contributed by atoms with Crippen molar-refractivity contribution in [3.05, 3.63) is 34.9 Å². The number of benzene rings is 1. The average molecular weight is 527 g/mol. The number of ether oxygens (including phenoxy) is 1. The summed E-state index contributed by atoms with van der Waals surface area (Å²) in [5.41, 5.74) is -3.70. The number of carbonyl (C=O) groups is 1. The van der Waals surface area contributed by atoms with Gasteiger partial charge < -0.3 is 14.7 Å². The normalized spacial score (nSPS) is 33.0. The Morgan fingerprint density at radius 2 is 1.74 bits per heavy atom. The van der Waals surface area contributed by atoms with Crippen LogP contribution < -0.4 is 0 Å². The molecule has 3 fully saturated rings. The van der Waals surface area contributed by atoms with Gasteiger partial charge in [0.15, 0.2) is 0 Å². The maximum absolute atomic E-state index is 13.2. The second kappa shape index (κ2) is 9.11. The summed E-state index contributed by atoms with van der Waals surface area (Å²) in [7, 11) is 0. The molecule has 1 aromatic carbocycles. The number of thiol groups is 1. The number of amides is 1. The van der Waals surface area contributed by atoms with Gasteiger partial charge in [-0.25, -0.2) is 0 Å². The highest BCUT2D eigenvalue weighted by molar-refractivity contribution is 7.81. The van der Waals surface area contributed by atoms with Crippen molar-refractivity contribution in [1.82, 2.24) is 9.80 Å². The first kappa shape index (κ1) is 26.6. The summed E-state index contributed by atoms with van der Waals surface area (Å²) in [6.07, 6.45) is -10.9. The Hall–Kier alpha value is -1.50. The largest absolute Gasteiger partial charge is 0.416 e. The molecule has 0 spiro atoms. The van der Waals surface area contributed by atoms with Crippen molar-refractivity contribution in [1.29, 1.82) is 0 Å². The van der Waals surface area contributed by atoms with Crippen molar-refractivity contribution >= 4 is 18.5 Å². The number of carbonyl (C=O) groups excluding carboxylic acids is 1. The first-order chi connectivity index (χ1) is 16.1. The van der Waals surface area contributed by atoms with Crippen molar-refractivity contribution in [3.63, 3.8) is 0 Å². The van der Waals surface area contributed by atoms with E-state index in [0.717, 1.165) is 0 Å². The van der Waals surface area contributed by atoms with Gasteiger partial charge in [0.2, 0.25) is 5.91 Å². The summed E-state index contributed by atoms with van der Waals surface area (Å²) in [5.74, 6) is -0.0832. The van der Waals surface area contributed by atoms with E-state index in [1.807, 2.05) is 6.92 Å². The van der Waals surface area contributed by atoms with Gasteiger partial charge in [-0.15, -0.1) is 0 Å². The topological polar surface area (TPSA) is 53.0 Å². The van der Waals surface area contributed by atoms with E-state index in [2.05, 4.69) is 17.5 Å². The molecule has 12 heteroatoms. The molecule has 0 bridgehead atoms. The minimum Gasteiger partial charge on any atom is -0.392 e. The molecular weight excluding hydrogens is 498 g/mol. The number of β-amino-alcohol motifs (C(OH)–C–C–N with tert-alkyl or cyclic N) is 1. The average Bonchev–Trinajstić information content (AvgIpc) is 3.36. The molecule has 3 aliphatic rings. The number of hydrogen-bond acceptors (Lipinski definition) is 5. The van der Waals surface area contributed by atoms with Gasteiger partial charge in [0.25, 0.3) is 0 Å². The molecule has 3 saturated heterocycles. The van der Waals surface area contributed by atoms with Crippen LogP contribution in [0, 0.1) is 5.41 Å². The second-order valence-corrected chi connectivity index (χ2v) is 10.7. The number of aliphatic hydroxyl groups is 1. The molecule has 0 aliphatic carbocycles. The van der Waals surface area contributed by atoms with E-state index >= 15 is 0 Å². The van der Waals surface area contributed by atoms with Gasteiger partial charge in [-0.05, 0) is 50.5 Å². The molecular formula is C23H28F6N2O3S. The van der Waals surface area contributed by atoms with Gasteiger partial charge in [0, 0.05) is 32.2 Å². The van der Waals surface area contributed by atoms with Crippen molar-refractivity contribution in [2.24, 2.45) is 5.41 Å². The predicted molar refractivity (Wildman–Crippen MR) is 118 cm³/mol. The minimum absolute atomic E-state index is 0.0832. The van der Waals surface area contributed by atoms with E-state index in [4.69, 9.17) is 4.74 Å². The van der Waals surface area contributed by atoms with Crippen LogP contribution in [-0.4, -0.2) is 70.5 Å². The fourth-order valence-electron chi connectivity index (χ4n) is 5.49. The van der Waals surface area contributed by atoms with Crippen LogP contribution in [-0.2, 0) is 21.9 Å². The minimum atomic E-state index is -4.94. The molecule has 1 N–H and O–H groups in total. The summed E-state index contributed by atoms with van der Waals surface area (Å²) in [4.78, 5) is 16.9. The highest BCUT2D eigenvalue weighted by Crippen LogP contribution is 2.45. The van der Waals surface area contributed by atoms with E-state index in [1.165, 1.54) is 6.92 Å². The maximum Gasteiger partial charge on any atom is 0.416 e. The molecule has 1 aromatic rings. The number of aliphatic hydroxyl groups excluding tert-OH is 1. The zero-order valence-corrected chi connectivity index (χ0v) is 20.1. The Balaban J connectivity index is 1.47. The van der Waals surface area contributed by atoms with E-state index < -0.39 is 52.5 Å². The quantitative estimate of drug-likeness (QED) is 0.447. The first-order valence-electron chi connectivity index (χ1n) is 11.4. The van der Waals surface area contributed by atoms with Gasteiger partial charge in [0.1, 0.15) is 0 Å². The van der Waals surface area contributed by atoms with Crippen molar-refractivity contribution in [3.8, 4) is 0 Å². The van der Waals surface area contributed by atoms with Gasteiger partial charge in [-0.2, -0.15) is 39.0 Å². The molecule has 0 aromatic heterocycles. The lowest BCUT2D eigenvalue weighted by Crippen LogP contribution is -2.42. The lowest BCUT2D eigenvalue weighted by atomic mass is 9.85. The number of fused-ring (bicyclic) bond motifs is 1. The van der Waals surface area contributed by atoms with Crippen LogP contribution in [0.4, 0.5) is 26.3 Å². The summed E-state index contributed by atoms with van der Waals surface area (Å²) in [5, 5.41) is 9.33. The third kappa shape index (κ3) is 5.30. The SMILES string of the molecule is C[C@@H](O[C@H]1CN2C(=O)C(C)(CN3CCC(O)C3)C[C@H]2[C@@H]1S)c1cc(C(F)(F)F)cc(C(F)(F)F)c1. The highest BCUT2D eigenvalue weighted by atomic mass is 32.1. The molecule has 3 heterocycles. The Morgan fingerprint density at radius 1 is 1.14 bits per heavy atom. The van der Waals surface area contributed by atoms with E-state index in [1.54, 1.807) is 4.90 Å². The van der Waals surface area contributed by atoms with Gasteiger partial charge in [0.05, 0.1) is 40.1 Å². The van der Waals surface area contributed by atoms with E-state index in [-0.39, 0.29) is 30.1 Å². The molecule has 0 saturated carbocycles. The van der Waals surface area contributed by atoms with Crippen LogP contribution >= 0.6 is 12.6 Å². The highest BCUT2D eigenvalue weighted by Gasteiger charge is 2.56. The number of nitrogens with zero attached hydrogens (tertiary/aromatic N) is 2. The van der Waals surface area contributed by atoms with Crippen LogP contribution in [0.1, 0.15) is 49.5 Å². The number of likely N-dealkylation sites (tertiary alicyclic amines) is 1. The Labute approximate surface area is 204 Å². The molecule has 1 amide bonds. The molecule has 5 nitrogen and oxygen atoms in total. The molecule has 0 radical (unpaired) electrons. The monoisotopic (exact) mass is 526 g/mol. The Morgan fingerprint density at radius 3 is 2.23 bits per heavy atom. The van der Waals surface area contributed by atoms with Crippen LogP contribution in [0.2, 0.25) is 0 Å². The molecule has 4 rings (SSSR count). The van der Waals surface area contributed by atoms with Gasteiger partial charge in [-0.3, -0.25) is 9.69 Å². The maximum atomic E-state index is 13.2. The van der Waals surface area contributed by atoms with Gasteiger partial charge in [-0.1, -0.05) is 0 Å². The molecule has 6 atom stereocenters. The van der Waals surface area contributed by atoms with Crippen molar-refractivity contribution in [2.75, 3.05) is 26.2 Å². The van der Waals surface area contributed by atoms with E-state index in [9.17, 15) is 36.2 Å². The molecule has 2 unspecified atom stereocenters. The standard InChI is InChI=1S/C23H28F6N2O3S/c1-12(13-5-14(22(24,25)26)7-15(6-13)23(27,28)29)34-18-10-31-17(19(18)35)8-21(2,20(31)33)11-30-4-3-16(32)9-30/h5-7,12,16-19,32,35H,3-4,8-11H2,1-2H3/t12-,16?,17+,18+,19+,21?/m1/s1. The number of hydrogen-bond donors (Lipinski definition) is 2. The predicted octanol–water partition coefficient (Wildman–Crippen LogP) is 4.16. The number of halogens is 6. The lowest BCUT2D eigenvalue weighted by Gasteiger charge is -2.30. The fraction of sp³-hybridized carbons (Fsp3) is 0.696. The fourth-order valence-corrected chi connectivity index (χ4v) is 5.92. The van der Waals surface area contributed by atoms with Crippen LogP contribution in [0.15, 0.2) is 18.2 Å². The summed E-state index contributed by atoms with van der Waals surface area (Å²) in [6, 6.07) is 1.15. The second-order valence-electron chi connectivity index (χ2n) is 10.1. The Kier molecular flexibility index (Phi) is 6.91. The smallest absolute Gasteiger partial charge is 0.392 e. The van der Waals surface area contributed by atoms with Crippen LogP contribution in [0.5, 0.6) is 0 Å².